The lowest BCUT2D eigenvalue weighted by Crippen LogP contribution is -2.42. The maximum absolute atomic E-state index is 12.3. The molecule has 1 saturated carbocycles. The quantitative estimate of drug-likeness (QED) is 0.663. The fourth-order valence-electron chi connectivity index (χ4n) is 2.51. The van der Waals surface area contributed by atoms with Crippen LogP contribution in [-0.2, 0) is 0 Å². The van der Waals surface area contributed by atoms with Crippen LogP contribution >= 0.6 is 23.4 Å². The number of thioether (sulfide) groups is 1. The molecule has 5 heteroatoms. The summed E-state index contributed by atoms with van der Waals surface area (Å²) in [6, 6.07) is 5.26. The van der Waals surface area contributed by atoms with E-state index in [4.69, 9.17) is 11.6 Å². The molecule has 2 rings (SSSR count). The number of halogens is 1. The summed E-state index contributed by atoms with van der Waals surface area (Å²) < 4.78 is 0. The Morgan fingerprint density at radius 3 is 2.85 bits per heavy atom. The lowest BCUT2D eigenvalue weighted by molar-refractivity contribution is 0.0818. The first kappa shape index (κ1) is 15.7. The maximum Gasteiger partial charge on any atom is 0.253 e. The van der Waals surface area contributed by atoms with Crippen molar-refractivity contribution in [3.63, 3.8) is 0 Å². The molecule has 0 heterocycles. The van der Waals surface area contributed by atoms with Gasteiger partial charge in [-0.05, 0) is 37.3 Å². The highest BCUT2D eigenvalue weighted by molar-refractivity contribution is 7.98. The number of rotatable bonds is 3. The molecule has 0 aliphatic heterocycles. The Hall–Kier alpha value is -0.710. The largest absolute Gasteiger partial charge is 0.391 e. The van der Waals surface area contributed by atoms with Crippen LogP contribution in [0.1, 0.15) is 42.5 Å². The van der Waals surface area contributed by atoms with Gasteiger partial charge < -0.3 is 10.4 Å². The zero-order chi connectivity index (χ0) is 14.5. The number of benzene rings is 1. The lowest BCUT2D eigenvalue weighted by Gasteiger charge is -2.22. The molecule has 1 amide bonds. The number of hydrogen-bond donors (Lipinski definition) is 2. The van der Waals surface area contributed by atoms with E-state index in [2.05, 4.69) is 5.32 Å². The number of hydrogen-bond acceptors (Lipinski definition) is 3. The van der Waals surface area contributed by atoms with E-state index in [0.717, 1.165) is 37.0 Å². The second kappa shape index (κ2) is 7.34. The molecule has 1 aromatic carbocycles. The van der Waals surface area contributed by atoms with Crippen molar-refractivity contribution >= 4 is 29.3 Å². The molecule has 3 nitrogen and oxygen atoms in total. The topological polar surface area (TPSA) is 49.3 Å². The third-order valence-corrected chi connectivity index (χ3v) is 4.77. The molecule has 2 atom stereocenters. The molecule has 1 aliphatic carbocycles. The summed E-state index contributed by atoms with van der Waals surface area (Å²) in [6.45, 7) is 0. The van der Waals surface area contributed by atoms with Crippen molar-refractivity contribution in [1.82, 2.24) is 5.32 Å². The fraction of sp³-hybridized carbons (Fsp3) is 0.533. The Morgan fingerprint density at radius 2 is 2.10 bits per heavy atom. The van der Waals surface area contributed by atoms with E-state index in [-0.39, 0.29) is 11.9 Å². The predicted molar refractivity (Wildman–Crippen MR) is 83.6 cm³/mol. The highest BCUT2D eigenvalue weighted by Gasteiger charge is 2.24. The maximum atomic E-state index is 12.3. The molecular formula is C15H20ClNO2S. The van der Waals surface area contributed by atoms with Gasteiger partial charge in [-0.15, -0.1) is 11.8 Å². The van der Waals surface area contributed by atoms with Gasteiger partial charge in [0.05, 0.1) is 22.7 Å². The summed E-state index contributed by atoms with van der Waals surface area (Å²) in [5.74, 6) is -0.197. The highest BCUT2D eigenvalue weighted by atomic mass is 35.5. The smallest absolute Gasteiger partial charge is 0.253 e. The van der Waals surface area contributed by atoms with Crippen LogP contribution in [0.2, 0.25) is 5.02 Å². The number of aliphatic hydroxyl groups is 1. The van der Waals surface area contributed by atoms with E-state index in [1.165, 1.54) is 0 Å². The number of carbonyl (C=O) groups excluding carboxylic acids is 1. The summed E-state index contributed by atoms with van der Waals surface area (Å²) in [4.78, 5) is 13.3. The van der Waals surface area contributed by atoms with Gasteiger partial charge in [0.25, 0.3) is 5.91 Å². The standard InChI is InChI=1S/C15H20ClNO2S/c1-20-10-7-8-12(16)11(9-10)15(19)17-13-5-3-2-4-6-14(13)18/h7-9,13-14,18H,2-6H2,1H3,(H,17,19). The zero-order valence-electron chi connectivity index (χ0n) is 11.6. The minimum atomic E-state index is -0.455. The Kier molecular flexibility index (Phi) is 5.75. The second-order valence-corrected chi connectivity index (χ2v) is 6.42. The van der Waals surface area contributed by atoms with E-state index < -0.39 is 6.10 Å². The van der Waals surface area contributed by atoms with Crippen LogP contribution in [0.5, 0.6) is 0 Å². The van der Waals surface area contributed by atoms with Gasteiger partial charge in [-0.25, -0.2) is 0 Å². The van der Waals surface area contributed by atoms with Crippen LogP contribution in [-0.4, -0.2) is 29.4 Å². The summed E-state index contributed by atoms with van der Waals surface area (Å²) in [6.07, 6.45) is 6.27. The van der Waals surface area contributed by atoms with Crippen molar-refractivity contribution in [3.8, 4) is 0 Å². The average molecular weight is 314 g/mol. The molecule has 110 valence electrons. The Bertz CT molecular complexity index is 481. The molecule has 2 N–H and O–H groups in total. The van der Waals surface area contributed by atoms with E-state index in [9.17, 15) is 9.90 Å². The summed E-state index contributed by atoms with van der Waals surface area (Å²) >= 11 is 7.67. The van der Waals surface area contributed by atoms with Crippen molar-refractivity contribution in [2.24, 2.45) is 0 Å². The van der Waals surface area contributed by atoms with Crippen molar-refractivity contribution < 1.29 is 9.90 Å². The molecule has 0 bridgehead atoms. The number of aliphatic hydroxyl groups excluding tert-OH is 1. The van der Waals surface area contributed by atoms with E-state index in [1.54, 1.807) is 23.9 Å². The van der Waals surface area contributed by atoms with E-state index in [0.29, 0.717) is 10.6 Å². The minimum Gasteiger partial charge on any atom is -0.391 e. The van der Waals surface area contributed by atoms with Crippen molar-refractivity contribution in [2.45, 2.75) is 49.1 Å². The summed E-state index contributed by atoms with van der Waals surface area (Å²) in [5.41, 5.74) is 0.481. The van der Waals surface area contributed by atoms with Crippen LogP contribution < -0.4 is 5.32 Å². The van der Waals surface area contributed by atoms with Crippen molar-refractivity contribution in [1.29, 1.82) is 0 Å². The zero-order valence-corrected chi connectivity index (χ0v) is 13.1. The number of nitrogens with one attached hydrogen (secondary N) is 1. The first-order chi connectivity index (χ1) is 9.61. The van der Waals surface area contributed by atoms with Gasteiger partial charge in [-0.3, -0.25) is 4.79 Å². The van der Waals surface area contributed by atoms with Crippen molar-refractivity contribution in [2.75, 3.05) is 6.26 Å². The van der Waals surface area contributed by atoms with Gasteiger partial charge in [-0.1, -0.05) is 30.9 Å². The average Bonchev–Trinajstić information content (AvgIpc) is 2.64. The van der Waals surface area contributed by atoms with Crippen LogP contribution in [0.4, 0.5) is 0 Å². The first-order valence-electron chi connectivity index (χ1n) is 6.94. The van der Waals surface area contributed by atoms with Crippen LogP contribution in [0.3, 0.4) is 0 Å². The first-order valence-corrected chi connectivity index (χ1v) is 8.54. The molecule has 0 aromatic heterocycles. The van der Waals surface area contributed by atoms with Crippen LogP contribution in [0.15, 0.2) is 23.1 Å². The monoisotopic (exact) mass is 313 g/mol. The SMILES string of the molecule is CSc1ccc(Cl)c(C(=O)NC2CCCCCC2O)c1. The Morgan fingerprint density at radius 1 is 1.35 bits per heavy atom. The molecule has 20 heavy (non-hydrogen) atoms. The second-order valence-electron chi connectivity index (χ2n) is 5.13. The van der Waals surface area contributed by atoms with Crippen LogP contribution in [0, 0.1) is 0 Å². The molecule has 0 radical (unpaired) electrons. The number of amides is 1. The van der Waals surface area contributed by atoms with Gasteiger partial charge in [0, 0.05) is 4.90 Å². The molecule has 0 spiro atoms. The van der Waals surface area contributed by atoms with E-state index in [1.807, 2.05) is 12.3 Å². The van der Waals surface area contributed by atoms with Gasteiger partial charge >= 0.3 is 0 Å². The molecule has 1 fully saturated rings. The molecule has 2 unspecified atom stereocenters. The van der Waals surface area contributed by atoms with Crippen LogP contribution in [0.25, 0.3) is 0 Å². The number of carbonyl (C=O) groups is 1. The van der Waals surface area contributed by atoms with E-state index >= 15 is 0 Å². The normalized spacial score (nSPS) is 23.1. The fourth-order valence-corrected chi connectivity index (χ4v) is 3.15. The Balaban J connectivity index is 2.10. The lowest BCUT2D eigenvalue weighted by atomic mass is 10.1. The highest BCUT2D eigenvalue weighted by Crippen LogP contribution is 2.24. The van der Waals surface area contributed by atoms with Gasteiger partial charge in [0.1, 0.15) is 0 Å². The summed E-state index contributed by atoms with van der Waals surface area (Å²) in [5, 5.41) is 13.4. The predicted octanol–water partition coefficient (Wildman–Crippen LogP) is 3.49. The van der Waals surface area contributed by atoms with Crippen molar-refractivity contribution in [3.05, 3.63) is 28.8 Å². The molecular weight excluding hydrogens is 294 g/mol. The van der Waals surface area contributed by atoms with Gasteiger partial charge in [0.15, 0.2) is 0 Å². The molecule has 0 saturated heterocycles. The summed E-state index contributed by atoms with van der Waals surface area (Å²) in [7, 11) is 0. The Labute approximate surface area is 129 Å². The minimum absolute atomic E-state index is 0.168. The third-order valence-electron chi connectivity index (χ3n) is 3.71. The molecule has 1 aliphatic rings. The molecule has 1 aromatic rings. The third kappa shape index (κ3) is 3.90. The van der Waals surface area contributed by atoms with Gasteiger partial charge in [-0.2, -0.15) is 0 Å². The van der Waals surface area contributed by atoms with Gasteiger partial charge in [0.2, 0.25) is 0 Å².